The Morgan fingerprint density at radius 1 is 1.43 bits per heavy atom. The summed E-state index contributed by atoms with van der Waals surface area (Å²) in [5, 5.41) is 26.4. The molecule has 0 atom stereocenters. The number of nitrogens with one attached hydrogen (secondary N) is 2. The second-order valence-corrected chi connectivity index (χ2v) is 4.94. The van der Waals surface area contributed by atoms with E-state index in [1.54, 1.807) is 12.1 Å². The van der Waals surface area contributed by atoms with Gasteiger partial charge in [-0.3, -0.25) is 10.1 Å². The molecule has 0 aromatic heterocycles. The SMILES string of the molecule is N#Cc1cccc(NCCCN2CCNCC2)c1[N+](=O)[O-]. The highest BCUT2D eigenvalue weighted by Crippen LogP contribution is 2.27. The molecule has 2 N–H and O–H groups in total. The van der Waals surface area contributed by atoms with E-state index in [0.717, 1.165) is 39.1 Å². The van der Waals surface area contributed by atoms with Gasteiger partial charge < -0.3 is 15.5 Å². The summed E-state index contributed by atoms with van der Waals surface area (Å²) in [7, 11) is 0. The Balaban J connectivity index is 1.88. The van der Waals surface area contributed by atoms with Crippen LogP contribution in [-0.2, 0) is 0 Å². The Morgan fingerprint density at radius 3 is 2.86 bits per heavy atom. The molecule has 1 saturated heterocycles. The van der Waals surface area contributed by atoms with Gasteiger partial charge in [-0.2, -0.15) is 5.26 Å². The normalized spacial score (nSPS) is 15.4. The quantitative estimate of drug-likeness (QED) is 0.464. The Kier molecular flexibility index (Phi) is 5.49. The molecule has 1 aliphatic rings. The molecule has 1 fully saturated rings. The molecule has 21 heavy (non-hydrogen) atoms. The fraction of sp³-hybridized carbons (Fsp3) is 0.500. The first-order valence-corrected chi connectivity index (χ1v) is 7.07. The van der Waals surface area contributed by atoms with Crippen molar-refractivity contribution in [3.05, 3.63) is 33.9 Å². The average molecular weight is 289 g/mol. The second-order valence-electron chi connectivity index (χ2n) is 4.94. The van der Waals surface area contributed by atoms with Crippen LogP contribution in [0.3, 0.4) is 0 Å². The van der Waals surface area contributed by atoms with Gasteiger partial charge in [0.25, 0.3) is 0 Å². The number of hydrogen-bond acceptors (Lipinski definition) is 6. The van der Waals surface area contributed by atoms with Gasteiger partial charge >= 0.3 is 5.69 Å². The van der Waals surface area contributed by atoms with Crippen LogP contribution in [0.1, 0.15) is 12.0 Å². The zero-order valence-corrected chi connectivity index (χ0v) is 11.8. The Hall–Kier alpha value is -2.17. The van der Waals surface area contributed by atoms with Crippen LogP contribution in [-0.4, -0.2) is 49.1 Å². The minimum atomic E-state index is -0.503. The summed E-state index contributed by atoms with van der Waals surface area (Å²) >= 11 is 0. The number of nitro groups is 1. The van der Waals surface area contributed by atoms with Crippen LogP contribution < -0.4 is 10.6 Å². The molecule has 0 saturated carbocycles. The largest absolute Gasteiger partial charge is 0.379 e. The third kappa shape index (κ3) is 4.15. The highest BCUT2D eigenvalue weighted by atomic mass is 16.6. The standard InChI is InChI=1S/C14H19N5O2/c15-11-12-3-1-4-13(14(12)19(20)21)17-5-2-8-18-9-6-16-7-10-18/h1,3-4,16-17H,2,5-10H2. The number of nitrogens with zero attached hydrogens (tertiary/aromatic N) is 3. The van der Waals surface area contributed by atoms with Crippen molar-refractivity contribution in [3.8, 4) is 6.07 Å². The van der Waals surface area contributed by atoms with Crippen LogP contribution in [0.15, 0.2) is 18.2 Å². The van der Waals surface area contributed by atoms with Gasteiger partial charge in [-0.1, -0.05) is 6.07 Å². The van der Waals surface area contributed by atoms with Crippen molar-refractivity contribution in [2.45, 2.75) is 6.42 Å². The molecule has 2 rings (SSSR count). The first-order chi connectivity index (χ1) is 10.2. The van der Waals surface area contributed by atoms with Gasteiger partial charge in [0.15, 0.2) is 0 Å². The van der Waals surface area contributed by atoms with Crippen LogP contribution in [0, 0.1) is 21.4 Å². The lowest BCUT2D eigenvalue weighted by Gasteiger charge is -2.27. The van der Waals surface area contributed by atoms with Gasteiger partial charge in [0, 0.05) is 32.7 Å². The van der Waals surface area contributed by atoms with Crippen molar-refractivity contribution < 1.29 is 4.92 Å². The van der Waals surface area contributed by atoms with Gasteiger partial charge in [0.1, 0.15) is 17.3 Å². The number of anilines is 1. The highest BCUT2D eigenvalue weighted by Gasteiger charge is 2.19. The van der Waals surface area contributed by atoms with Crippen molar-refractivity contribution in [1.82, 2.24) is 10.2 Å². The van der Waals surface area contributed by atoms with Crippen molar-refractivity contribution >= 4 is 11.4 Å². The summed E-state index contributed by atoms with van der Waals surface area (Å²) < 4.78 is 0. The number of nitro benzene ring substituents is 1. The monoisotopic (exact) mass is 289 g/mol. The molecule has 0 unspecified atom stereocenters. The lowest BCUT2D eigenvalue weighted by Crippen LogP contribution is -2.44. The van der Waals surface area contributed by atoms with Gasteiger partial charge in [-0.05, 0) is 25.1 Å². The minimum Gasteiger partial charge on any atom is -0.379 e. The van der Waals surface area contributed by atoms with Crippen LogP contribution >= 0.6 is 0 Å². The van der Waals surface area contributed by atoms with Crippen LogP contribution in [0.4, 0.5) is 11.4 Å². The molecule has 0 amide bonds. The summed E-state index contributed by atoms with van der Waals surface area (Å²) in [5.74, 6) is 0. The first kappa shape index (κ1) is 15.2. The maximum absolute atomic E-state index is 11.1. The summed E-state index contributed by atoms with van der Waals surface area (Å²) in [5.41, 5.74) is 0.369. The van der Waals surface area contributed by atoms with Gasteiger partial charge in [0.05, 0.1) is 4.92 Å². The van der Waals surface area contributed by atoms with E-state index in [4.69, 9.17) is 5.26 Å². The molecule has 0 bridgehead atoms. The Labute approximate surface area is 123 Å². The van der Waals surface area contributed by atoms with E-state index in [1.165, 1.54) is 6.07 Å². The summed E-state index contributed by atoms with van der Waals surface area (Å²) in [6, 6.07) is 6.62. The van der Waals surface area contributed by atoms with Crippen molar-refractivity contribution in [3.63, 3.8) is 0 Å². The molecule has 1 aromatic carbocycles. The molecule has 112 valence electrons. The van der Waals surface area contributed by atoms with E-state index in [1.807, 2.05) is 6.07 Å². The molecule has 1 heterocycles. The maximum atomic E-state index is 11.1. The zero-order chi connectivity index (χ0) is 15.1. The lowest BCUT2D eigenvalue weighted by atomic mass is 10.1. The molecule has 7 heteroatoms. The molecule has 1 aromatic rings. The van der Waals surface area contributed by atoms with E-state index in [2.05, 4.69) is 15.5 Å². The van der Waals surface area contributed by atoms with E-state index in [0.29, 0.717) is 12.2 Å². The number of nitriles is 1. The number of hydrogen-bond donors (Lipinski definition) is 2. The molecule has 0 spiro atoms. The van der Waals surface area contributed by atoms with Crippen molar-refractivity contribution in [1.29, 1.82) is 5.26 Å². The van der Waals surface area contributed by atoms with Crippen molar-refractivity contribution in [2.75, 3.05) is 44.6 Å². The smallest absolute Gasteiger partial charge is 0.309 e. The molecule has 0 radical (unpaired) electrons. The molecule has 1 aliphatic heterocycles. The van der Waals surface area contributed by atoms with Gasteiger partial charge in [-0.25, -0.2) is 0 Å². The Bertz CT molecular complexity index is 535. The maximum Gasteiger partial charge on any atom is 0.309 e. The van der Waals surface area contributed by atoms with Gasteiger partial charge in [-0.15, -0.1) is 0 Å². The average Bonchev–Trinajstić information content (AvgIpc) is 2.52. The first-order valence-electron chi connectivity index (χ1n) is 7.07. The minimum absolute atomic E-state index is 0.0899. The number of benzene rings is 1. The molecule has 0 aliphatic carbocycles. The lowest BCUT2D eigenvalue weighted by molar-refractivity contribution is -0.384. The predicted octanol–water partition coefficient (Wildman–Crippen LogP) is 1.17. The van der Waals surface area contributed by atoms with E-state index < -0.39 is 4.92 Å². The van der Waals surface area contributed by atoms with E-state index >= 15 is 0 Å². The Morgan fingerprint density at radius 2 is 2.19 bits per heavy atom. The highest BCUT2D eigenvalue weighted by molar-refractivity contribution is 5.68. The second kappa shape index (κ2) is 7.57. The van der Waals surface area contributed by atoms with E-state index in [-0.39, 0.29) is 11.3 Å². The molecular formula is C14H19N5O2. The molecule has 7 nitrogen and oxygen atoms in total. The van der Waals surface area contributed by atoms with Crippen LogP contribution in [0.2, 0.25) is 0 Å². The fourth-order valence-corrected chi connectivity index (χ4v) is 2.43. The van der Waals surface area contributed by atoms with Crippen LogP contribution in [0.5, 0.6) is 0 Å². The third-order valence-corrected chi connectivity index (χ3v) is 3.52. The topological polar surface area (TPSA) is 94.2 Å². The van der Waals surface area contributed by atoms with Gasteiger partial charge in [0.2, 0.25) is 0 Å². The summed E-state index contributed by atoms with van der Waals surface area (Å²) in [4.78, 5) is 13.0. The number of para-hydroxylation sites is 1. The van der Waals surface area contributed by atoms with E-state index in [9.17, 15) is 10.1 Å². The summed E-state index contributed by atoms with van der Waals surface area (Å²) in [6.07, 6.45) is 0.911. The fourth-order valence-electron chi connectivity index (χ4n) is 2.43. The molecular weight excluding hydrogens is 270 g/mol. The summed E-state index contributed by atoms with van der Waals surface area (Å²) in [6.45, 7) is 5.75. The zero-order valence-electron chi connectivity index (χ0n) is 11.8. The van der Waals surface area contributed by atoms with Crippen LogP contribution in [0.25, 0.3) is 0 Å². The van der Waals surface area contributed by atoms with Crippen molar-refractivity contribution in [2.24, 2.45) is 0 Å². The number of rotatable bonds is 6. The number of piperazine rings is 1. The third-order valence-electron chi connectivity index (χ3n) is 3.52. The predicted molar refractivity (Wildman–Crippen MR) is 80.2 cm³/mol.